The van der Waals surface area contributed by atoms with Gasteiger partial charge in [-0.15, -0.1) is 0 Å². The number of nitriles is 2. The molecule has 9 heteroatoms. The van der Waals surface area contributed by atoms with Gasteiger partial charge in [-0.2, -0.15) is 10.5 Å². The number of hydrogen-bond acceptors (Lipinski definition) is 8. The maximum Gasteiger partial charge on any atom is 0.235 e. The van der Waals surface area contributed by atoms with Gasteiger partial charge < -0.3 is 15.5 Å². The Balaban J connectivity index is 2.13. The Labute approximate surface area is 193 Å². The third-order valence-corrected chi connectivity index (χ3v) is 6.79. The standard InChI is InChI=1S/C23H27N7OS/c1-4-17-18(11-24)22(30-7-5-6-29(3)8-9-30)28-23(19(17)12-25)32-20(21(26)31)16-10-15(2)13-27-14-16/h10,13-14,20H,4-9H2,1-3H3,(H2,26,31). The molecule has 0 saturated carbocycles. The minimum absolute atomic E-state index is 0.330. The normalized spacial score (nSPS) is 15.5. The lowest BCUT2D eigenvalue weighted by Gasteiger charge is -2.25. The number of aryl methyl sites for hydroxylation is 1. The summed E-state index contributed by atoms with van der Waals surface area (Å²) in [5, 5.41) is 19.6. The Hall–Kier alpha value is -3.14. The van der Waals surface area contributed by atoms with E-state index in [1.54, 1.807) is 12.4 Å². The molecule has 3 rings (SSSR count). The van der Waals surface area contributed by atoms with Crippen molar-refractivity contribution in [2.45, 2.75) is 37.0 Å². The second kappa shape index (κ2) is 10.4. The number of likely N-dealkylation sites (N-methyl/N-ethyl adjacent to an activating group) is 1. The van der Waals surface area contributed by atoms with Crippen molar-refractivity contribution >= 4 is 23.5 Å². The number of thioether (sulfide) groups is 1. The molecule has 0 aromatic carbocycles. The maximum atomic E-state index is 12.4. The van der Waals surface area contributed by atoms with Crippen LogP contribution in [-0.2, 0) is 11.2 Å². The zero-order valence-electron chi connectivity index (χ0n) is 18.6. The fraction of sp³-hybridized carbons (Fsp3) is 0.435. The van der Waals surface area contributed by atoms with E-state index < -0.39 is 11.2 Å². The molecule has 1 amide bonds. The number of nitrogens with two attached hydrogens (primary N) is 1. The number of carbonyl (C=O) groups excluding carboxylic acids is 1. The van der Waals surface area contributed by atoms with Crippen molar-refractivity contribution in [1.29, 1.82) is 10.5 Å². The summed E-state index contributed by atoms with van der Waals surface area (Å²) in [5.41, 5.74) is 8.73. The number of nitrogens with zero attached hydrogens (tertiary/aromatic N) is 6. The zero-order chi connectivity index (χ0) is 23.3. The molecular formula is C23H27N7OS. The van der Waals surface area contributed by atoms with Crippen LogP contribution < -0.4 is 10.6 Å². The van der Waals surface area contributed by atoms with E-state index in [4.69, 9.17) is 10.7 Å². The molecular weight excluding hydrogens is 422 g/mol. The van der Waals surface area contributed by atoms with E-state index in [1.807, 2.05) is 19.9 Å². The lowest BCUT2D eigenvalue weighted by molar-refractivity contribution is -0.117. The smallest absolute Gasteiger partial charge is 0.235 e. The molecule has 0 spiro atoms. The minimum atomic E-state index is -0.747. The molecule has 2 N–H and O–H groups in total. The van der Waals surface area contributed by atoms with Crippen LogP contribution in [0.1, 0.15) is 46.4 Å². The summed E-state index contributed by atoms with van der Waals surface area (Å²) in [4.78, 5) is 25.7. The van der Waals surface area contributed by atoms with E-state index in [1.165, 1.54) is 0 Å². The van der Waals surface area contributed by atoms with E-state index >= 15 is 0 Å². The van der Waals surface area contributed by atoms with Crippen LogP contribution in [0.25, 0.3) is 0 Å². The van der Waals surface area contributed by atoms with Crippen LogP contribution >= 0.6 is 11.8 Å². The fourth-order valence-corrected chi connectivity index (χ4v) is 4.91. The highest BCUT2D eigenvalue weighted by Gasteiger charge is 2.28. The predicted octanol–water partition coefficient (Wildman–Crippen LogP) is 2.55. The second-order valence-corrected chi connectivity index (χ2v) is 8.98. The molecule has 1 unspecified atom stereocenters. The molecule has 3 heterocycles. The molecule has 2 aromatic rings. The highest BCUT2D eigenvalue weighted by Crippen LogP contribution is 2.39. The third-order valence-electron chi connectivity index (χ3n) is 5.53. The van der Waals surface area contributed by atoms with Gasteiger partial charge in [0.2, 0.25) is 5.91 Å². The van der Waals surface area contributed by atoms with Crippen molar-refractivity contribution in [2.75, 3.05) is 38.1 Å². The maximum absolute atomic E-state index is 12.4. The number of carbonyl (C=O) groups is 1. The van der Waals surface area contributed by atoms with Crippen LogP contribution in [0, 0.1) is 29.6 Å². The molecule has 0 radical (unpaired) electrons. The van der Waals surface area contributed by atoms with Gasteiger partial charge in [0.25, 0.3) is 0 Å². The lowest BCUT2D eigenvalue weighted by Crippen LogP contribution is -2.30. The summed E-state index contributed by atoms with van der Waals surface area (Å²) in [6.07, 6.45) is 4.77. The SMILES string of the molecule is CCc1c(C#N)c(SC(C(N)=O)c2cncc(C)c2)nc(N2CCCN(C)CC2)c1C#N. The van der Waals surface area contributed by atoms with Gasteiger partial charge in [-0.3, -0.25) is 9.78 Å². The first kappa shape index (κ1) is 23.5. The topological polar surface area (TPSA) is 123 Å². The molecule has 8 nitrogen and oxygen atoms in total. The monoisotopic (exact) mass is 449 g/mol. The van der Waals surface area contributed by atoms with Gasteiger partial charge in [-0.05, 0) is 50.0 Å². The number of pyridine rings is 2. The number of hydrogen-bond donors (Lipinski definition) is 1. The molecule has 1 aliphatic rings. The Morgan fingerprint density at radius 2 is 1.97 bits per heavy atom. The van der Waals surface area contributed by atoms with Crippen LogP contribution in [0.4, 0.5) is 5.82 Å². The van der Waals surface area contributed by atoms with Gasteiger partial charge >= 0.3 is 0 Å². The quantitative estimate of drug-likeness (QED) is 0.668. The van der Waals surface area contributed by atoms with E-state index in [0.29, 0.717) is 39.5 Å². The van der Waals surface area contributed by atoms with Crippen molar-refractivity contribution in [3.05, 3.63) is 46.3 Å². The van der Waals surface area contributed by atoms with Gasteiger partial charge in [0.15, 0.2) is 0 Å². The molecule has 0 bridgehead atoms. The Kier molecular flexibility index (Phi) is 7.68. The van der Waals surface area contributed by atoms with Gasteiger partial charge in [0.05, 0.1) is 11.1 Å². The van der Waals surface area contributed by atoms with Crippen LogP contribution in [0.15, 0.2) is 23.5 Å². The summed E-state index contributed by atoms with van der Waals surface area (Å²) >= 11 is 1.15. The highest BCUT2D eigenvalue weighted by molar-refractivity contribution is 8.00. The Morgan fingerprint density at radius 3 is 2.59 bits per heavy atom. The number of amides is 1. The van der Waals surface area contributed by atoms with Crippen molar-refractivity contribution in [3.8, 4) is 12.1 Å². The van der Waals surface area contributed by atoms with E-state index in [2.05, 4.69) is 34.0 Å². The van der Waals surface area contributed by atoms with E-state index in [0.717, 1.165) is 49.9 Å². The molecule has 32 heavy (non-hydrogen) atoms. The average Bonchev–Trinajstić information content (AvgIpc) is 3.00. The molecule has 1 aliphatic heterocycles. The number of primary amides is 1. The van der Waals surface area contributed by atoms with Gasteiger partial charge in [0, 0.05) is 32.0 Å². The molecule has 1 fully saturated rings. The second-order valence-electron chi connectivity index (χ2n) is 7.89. The number of anilines is 1. The van der Waals surface area contributed by atoms with Gasteiger partial charge in [0.1, 0.15) is 28.2 Å². The predicted molar refractivity (Wildman–Crippen MR) is 124 cm³/mol. The van der Waals surface area contributed by atoms with Crippen LogP contribution in [0.2, 0.25) is 0 Å². The zero-order valence-corrected chi connectivity index (χ0v) is 19.4. The molecule has 1 atom stereocenters. The van der Waals surface area contributed by atoms with Crippen molar-refractivity contribution in [1.82, 2.24) is 14.9 Å². The first-order valence-electron chi connectivity index (χ1n) is 10.6. The average molecular weight is 450 g/mol. The summed E-state index contributed by atoms with van der Waals surface area (Å²) in [5.74, 6) is 0.0418. The Morgan fingerprint density at radius 1 is 1.22 bits per heavy atom. The summed E-state index contributed by atoms with van der Waals surface area (Å²) in [6.45, 7) is 7.14. The Bertz CT molecular complexity index is 1090. The van der Waals surface area contributed by atoms with Crippen LogP contribution in [0.5, 0.6) is 0 Å². The highest BCUT2D eigenvalue weighted by atomic mass is 32.2. The molecule has 166 valence electrons. The summed E-state index contributed by atoms with van der Waals surface area (Å²) in [7, 11) is 2.08. The van der Waals surface area contributed by atoms with Crippen molar-refractivity contribution < 1.29 is 4.79 Å². The molecule has 1 saturated heterocycles. The minimum Gasteiger partial charge on any atom is -0.368 e. The summed E-state index contributed by atoms with van der Waals surface area (Å²) in [6, 6.07) is 6.36. The van der Waals surface area contributed by atoms with Gasteiger partial charge in [-0.25, -0.2) is 4.98 Å². The fourth-order valence-electron chi connectivity index (χ4n) is 3.88. The first-order chi connectivity index (χ1) is 15.4. The number of aromatic nitrogens is 2. The molecule has 0 aliphatic carbocycles. The lowest BCUT2D eigenvalue weighted by atomic mass is 10.0. The van der Waals surface area contributed by atoms with Crippen molar-refractivity contribution in [3.63, 3.8) is 0 Å². The molecule has 2 aromatic heterocycles. The summed E-state index contributed by atoms with van der Waals surface area (Å²) < 4.78 is 0. The van der Waals surface area contributed by atoms with E-state index in [-0.39, 0.29) is 0 Å². The van der Waals surface area contributed by atoms with E-state index in [9.17, 15) is 15.3 Å². The third kappa shape index (κ3) is 5.01. The van der Waals surface area contributed by atoms with Crippen LogP contribution in [-0.4, -0.2) is 54.0 Å². The largest absolute Gasteiger partial charge is 0.368 e. The van der Waals surface area contributed by atoms with Crippen molar-refractivity contribution in [2.24, 2.45) is 5.73 Å². The first-order valence-corrected chi connectivity index (χ1v) is 11.5. The number of rotatable bonds is 6. The van der Waals surface area contributed by atoms with Gasteiger partial charge in [-0.1, -0.05) is 24.8 Å². The van der Waals surface area contributed by atoms with Crippen LogP contribution in [0.3, 0.4) is 0 Å².